The Kier molecular flexibility index (Phi) is 6.59. The quantitative estimate of drug-likeness (QED) is 0.483. The Labute approximate surface area is 132 Å². The zero-order valence-electron chi connectivity index (χ0n) is 12.4. The molecule has 0 aromatic heterocycles. The Morgan fingerprint density at radius 1 is 1.05 bits per heavy atom. The lowest BCUT2D eigenvalue weighted by atomic mass is 9.89. The molecule has 0 nitrogen and oxygen atoms in total. The van der Waals surface area contributed by atoms with Crippen LogP contribution in [0, 0.1) is 5.92 Å². The van der Waals surface area contributed by atoms with Gasteiger partial charge in [-0.3, -0.25) is 0 Å². The highest BCUT2D eigenvalue weighted by atomic mass is 79.9. The van der Waals surface area contributed by atoms with E-state index in [9.17, 15) is 0 Å². The second-order valence-electron chi connectivity index (χ2n) is 5.72. The van der Waals surface area contributed by atoms with Crippen LogP contribution < -0.4 is 0 Å². The van der Waals surface area contributed by atoms with E-state index in [-0.39, 0.29) is 0 Å². The van der Waals surface area contributed by atoms with E-state index in [0.29, 0.717) is 0 Å². The van der Waals surface area contributed by atoms with Crippen LogP contribution in [0.5, 0.6) is 0 Å². The zero-order chi connectivity index (χ0) is 14.2. The maximum Gasteiger partial charge on any atom is 0.0175 e. The van der Waals surface area contributed by atoms with Gasteiger partial charge in [0.25, 0.3) is 0 Å². The van der Waals surface area contributed by atoms with Gasteiger partial charge in [0.1, 0.15) is 0 Å². The molecule has 0 saturated heterocycles. The lowest BCUT2D eigenvalue weighted by Gasteiger charge is -2.16. The van der Waals surface area contributed by atoms with Gasteiger partial charge in [-0.15, -0.1) is 0 Å². The van der Waals surface area contributed by atoms with Gasteiger partial charge in [0.15, 0.2) is 0 Å². The molecule has 0 aliphatic heterocycles. The minimum atomic E-state index is 0.760. The molecule has 1 aliphatic rings. The topological polar surface area (TPSA) is 0 Å². The van der Waals surface area contributed by atoms with E-state index in [1.54, 1.807) is 0 Å². The van der Waals surface area contributed by atoms with Gasteiger partial charge < -0.3 is 0 Å². The molecule has 2 rings (SSSR count). The summed E-state index contributed by atoms with van der Waals surface area (Å²) in [6.45, 7) is 2.28. The maximum absolute atomic E-state index is 3.49. The van der Waals surface area contributed by atoms with Crippen LogP contribution in [-0.4, -0.2) is 0 Å². The van der Waals surface area contributed by atoms with Crippen molar-refractivity contribution in [3.63, 3.8) is 0 Å². The normalized spacial score (nSPS) is 18.1. The van der Waals surface area contributed by atoms with Gasteiger partial charge in [-0.05, 0) is 42.0 Å². The fraction of sp³-hybridized carbons (Fsp3) is 0.474. The molecule has 0 fully saturated rings. The van der Waals surface area contributed by atoms with E-state index in [1.807, 2.05) is 0 Å². The number of allylic oxidation sites excluding steroid dienone is 4. The highest BCUT2D eigenvalue weighted by molar-refractivity contribution is 9.10. The van der Waals surface area contributed by atoms with Crippen LogP contribution in [0.3, 0.4) is 0 Å². The number of hydrogen-bond donors (Lipinski definition) is 0. The minimum Gasteiger partial charge on any atom is -0.0805 e. The van der Waals surface area contributed by atoms with Crippen molar-refractivity contribution in [1.82, 2.24) is 0 Å². The largest absolute Gasteiger partial charge is 0.0805 e. The summed E-state index contributed by atoms with van der Waals surface area (Å²) in [5.74, 6) is 0.760. The predicted octanol–water partition coefficient (Wildman–Crippen LogP) is 6.77. The van der Waals surface area contributed by atoms with Crippen molar-refractivity contribution in [3.8, 4) is 0 Å². The lowest BCUT2D eigenvalue weighted by molar-refractivity contribution is 0.525. The Morgan fingerprint density at radius 2 is 1.80 bits per heavy atom. The summed E-state index contributed by atoms with van der Waals surface area (Å²) < 4.78 is 1.14. The lowest BCUT2D eigenvalue weighted by Crippen LogP contribution is -2.00. The molecule has 0 spiro atoms. The number of hydrogen-bond acceptors (Lipinski definition) is 0. The standard InChI is InChI=1S/C19H25Br/c1-2-3-4-5-6-7-16-8-10-17(11-9-16)18-12-14-19(20)15-13-18/h8,10-16H,2-7,9H2,1H3. The van der Waals surface area contributed by atoms with E-state index in [2.05, 4.69) is 65.3 Å². The predicted molar refractivity (Wildman–Crippen MR) is 92.7 cm³/mol. The van der Waals surface area contributed by atoms with Crippen molar-refractivity contribution in [3.05, 3.63) is 52.5 Å². The smallest absolute Gasteiger partial charge is 0.0175 e. The van der Waals surface area contributed by atoms with E-state index in [0.717, 1.165) is 10.4 Å². The molecule has 0 saturated carbocycles. The molecule has 0 amide bonds. The zero-order valence-corrected chi connectivity index (χ0v) is 14.0. The molecule has 0 radical (unpaired) electrons. The van der Waals surface area contributed by atoms with Gasteiger partial charge in [-0.1, -0.05) is 85.3 Å². The molecule has 20 heavy (non-hydrogen) atoms. The maximum atomic E-state index is 3.49. The SMILES string of the molecule is CCCCCCCC1C=CC(c2ccc(Br)cc2)=CC1. The van der Waals surface area contributed by atoms with Gasteiger partial charge in [0.2, 0.25) is 0 Å². The van der Waals surface area contributed by atoms with Crippen LogP contribution in [0.1, 0.15) is 57.4 Å². The monoisotopic (exact) mass is 332 g/mol. The molecule has 1 heteroatoms. The summed E-state index contributed by atoms with van der Waals surface area (Å²) in [6.07, 6.45) is 16.6. The minimum absolute atomic E-state index is 0.760. The number of rotatable bonds is 7. The first-order valence-corrected chi connectivity index (χ1v) is 8.73. The summed E-state index contributed by atoms with van der Waals surface area (Å²) in [7, 11) is 0. The summed E-state index contributed by atoms with van der Waals surface area (Å²) in [5, 5.41) is 0. The van der Waals surface area contributed by atoms with E-state index < -0.39 is 0 Å². The third kappa shape index (κ3) is 4.94. The summed E-state index contributed by atoms with van der Waals surface area (Å²) in [6, 6.07) is 8.60. The Morgan fingerprint density at radius 3 is 2.45 bits per heavy atom. The molecule has 0 heterocycles. The third-order valence-corrected chi connectivity index (χ3v) is 4.57. The van der Waals surface area contributed by atoms with E-state index >= 15 is 0 Å². The average Bonchev–Trinajstić information content (AvgIpc) is 2.49. The molecule has 0 bridgehead atoms. The number of benzene rings is 1. The van der Waals surface area contributed by atoms with Crippen LogP contribution in [0.2, 0.25) is 0 Å². The first kappa shape index (κ1) is 15.6. The van der Waals surface area contributed by atoms with Gasteiger partial charge >= 0.3 is 0 Å². The van der Waals surface area contributed by atoms with Crippen LogP contribution in [0.4, 0.5) is 0 Å². The molecular weight excluding hydrogens is 308 g/mol. The molecule has 1 atom stereocenters. The second-order valence-corrected chi connectivity index (χ2v) is 6.64. The summed E-state index contributed by atoms with van der Waals surface area (Å²) in [4.78, 5) is 0. The summed E-state index contributed by atoms with van der Waals surface area (Å²) in [5.41, 5.74) is 2.70. The van der Waals surface area contributed by atoms with Crippen molar-refractivity contribution in [2.75, 3.05) is 0 Å². The fourth-order valence-electron chi connectivity index (χ4n) is 2.75. The highest BCUT2D eigenvalue weighted by Crippen LogP contribution is 2.27. The van der Waals surface area contributed by atoms with Crippen molar-refractivity contribution in [2.45, 2.75) is 51.9 Å². The Balaban J connectivity index is 1.76. The number of halogens is 1. The molecule has 1 aliphatic carbocycles. The first-order valence-electron chi connectivity index (χ1n) is 7.94. The highest BCUT2D eigenvalue weighted by Gasteiger charge is 2.09. The molecule has 0 N–H and O–H groups in total. The van der Waals surface area contributed by atoms with Gasteiger partial charge in [-0.2, -0.15) is 0 Å². The van der Waals surface area contributed by atoms with Crippen LogP contribution in [0.25, 0.3) is 5.57 Å². The van der Waals surface area contributed by atoms with E-state index in [1.165, 1.54) is 56.1 Å². The number of unbranched alkanes of at least 4 members (excludes halogenated alkanes) is 4. The summed E-state index contributed by atoms with van der Waals surface area (Å²) >= 11 is 3.49. The first-order chi connectivity index (χ1) is 9.79. The fourth-order valence-corrected chi connectivity index (χ4v) is 3.01. The van der Waals surface area contributed by atoms with Crippen molar-refractivity contribution in [1.29, 1.82) is 0 Å². The van der Waals surface area contributed by atoms with Crippen LogP contribution >= 0.6 is 15.9 Å². The molecular formula is C19H25Br. The second kappa shape index (κ2) is 8.46. The van der Waals surface area contributed by atoms with Crippen LogP contribution in [0.15, 0.2) is 47.0 Å². The van der Waals surface area contributed by atoms with Gasteiger partial charge in [0, 0.05) is 4.47 Å². The molecule has 1 unspecified atom stereocenters. The molecule has 1 aromatic rings. The van der Waals surface area contributed by atoms with Gasteiger partial charge in [0.05, 0.1) is 0 Å². The van der Waals surface area contributed by atoms with Crippen LogP contribution in [-0.2, 0) is 0 Å². The van der Waals surface area contributed by atoms with Crippen molar-refractivity contribution < 1.29 is 0 Å². The van der Waals surface area contributed by atoms with Crippen molar-refractivity contribution >= 4 is 21.5 Å². The van der Waals surface area contributed by atoms with Gasteiger partial charge in [-0.25, -0.2) is 0 Å². The van der Waals surface area contributed by atoms with Crippen molar-refractivity contribution in [2.24, 2.45) is 5.92 Å². The Bertz CT molecular complexity index is 453. The average molecular weight is 333 g/mol. The third-order valence-electron chi connectivity index (χ3n) is 4.04. The molecule has 1 aromatic carbocycles. The molecule has 108 valence electrons. The Hall–Kier alpha value is -0.820. The van der Waals surface area contributed by atoms with E-state index in [4.69, 9.17) is 0 Å².